The van der Waals surface area contributed by atoms with Crippen LogP contribution in [0.25, 0.3) is 32.7 Å². The van der Waals surface area contributed by atoms with Crippen LogP contribution in [0.5, 0.6) is 0 Å². The molecule has 0 bridgehead atoms. The normalized spacial score (nSPS) is 19.1. The summed E-state index contributed by atoms with van der Waals surface area (Å²) < 4.78 is 112. The highest BCUT2D eigenvalue weighted by Gasteiger charge is 2.03. The standard InChI is InChI=1S/2C12H16N2.C11H13N/c2*1-14(2)8-7-10-9-13-12-6-4-3-5-11(10)12;1-2-5-9-8-12-11-7-4-3-6-10(9)11/h2*3-6,9,13H,7-8H2,1-2H3;3-4,6-8,12H,2,5H2,1H3/i1D3,2D3,8D2;1D3,2D3,8D;. The minimum Gasteiger partial charge on any atom is -0.361 e. The number of H-pyrrole nitrogens is 3. The fourth-order valence-corrected chi connectivity index (χ4v) is 4.54. The summed E-state index contributed by atoms with van der Waals surface area (Å²) in [5.41, 5.74) is 5.59. The van der Waals surface area contributed by atoms with E-state index in [1.54, 1.807) is 30.6 Å². The van der Waals surface area contributed by atoms with Crippen molar-refractivity contribution in [2.24, 2.45) is 0 Å². The van der Waals surface area contributed by atoms with E-state index < -0.39 is 40.9 Å². The minimum atomic E-state index is -3.07. The van der Waals surface area contributed by atoms with Gasteiger partial charge in [0, 0.05) is 84.9 Å². The molecule has 6 rings (SSSR count). The predicted molar refractivity (Wildman–Crippen MR) is 173 cm³/mol. The molecule has 0 radical (unpaired) electrons. The predicted octanol–water partition coefficient (Wildman–Crippen LogP) is 7.66. The van der Waals surface area contributed by atoms with Gasteiger partial charge in [-0.3, -0.25) is 0 Å². The van der Waals surface area contributed by atoms with Crippen molar-refractivity contribution in [2.45, 2.75) is 32.6 Å². The van der Waals surface area contributed by atoms with E-state index >= 15 is 0 Å². The number of benzene rings is 3. The fourth-order valence-electron chi connectivity index (χ4n) is 4.54. The monoisotopic (exact) mass is 550 g/mol. The molecule has 0 aliphatic heterocycles. The Kier molecular flexibility index (Phi) is 5.55. The molecule has 3 heterocycles. The average molecular weight is 551 g/mol. The lowest BCUT2D eigenvalue weighted by molar-refractivity contribution is 0.414. The summed E-state index contributed by atoms with van der Waals surface area (Å²) in [4.78, 5) is 9.53. The van der Waals surface area contributed by atoms with E-state index in [0.717, 1.165) is 27.4 Å². The second kappa shape index (κ2) is 14.5. The van der Waals surface area contributed by atoms with E-state index in [-0.39, 0.29) is 17.7 Å². The molecule has 0 spiro atoms. The van der Waals surface area contributed by atoms with Crippen molar-refractivity contribution in [2.75, 3.05) is 40.9 Å². The van der Waals surface area contributed by atoms with Crippen LogP contribution >= 0.6 is 0 Å². The van der Waals surface area contributed by atoms with Crippen molar-refractivity contribution in [1.82, 2.24) is 24.8 Å². The maximum absolute atomic E-state index is 8.00. The third-order valence-electron chi connectivity index (χ3n) is 6.47. The van der Waals surface area contributed by atoms with Gasteiger partial charge in [-0.2, -0.15) is 0 Å². The Morgan fingerprint density at radius 2 is 1.00 bits per heavy atom. The first-order valence-electron chi connectivity index (χ1n) is 20.7. The molecule has 0 saturated heterocycles. The Morgan fingerprint density at radius 3 is 1.45 bits per heavy atom. The van der Waals surface area contributed by atoms with Crippen LogP contribution in [0.1, 0.15) is 50.6 Å². The number of hydrogen-bond donors (Lipinski definition) is 3. The lowest BCUT2D eigenvalue weighted by atomic mass is 10.1. The van der Waals surface area contributed by atoms with Crippen LogP contribution in [0.2, 0.25) is 0 Å². The van der Waals surface area contributed by atoms with Crippen LogP contribution in [0.4, 0.5) is 0 Å². The third kappa shape index (κ3) is 7.87. The van der Waals surface area contributed by atoms with Crippen LogP contribution in [-0.4, -0.2) is 65.7 Å². The van der Waals surface area contributed by atoms with E-state index in [4.69, 9.17) is 20.6 Å². The zero-order valence-corrected chi connectivity index (χ0v) is 22.5. The van der Waals surface area contributed by atoms with Gasteiger partial charge in [0.05, 0.1) is 0 Å². The highest BCUT2D eigenvalue weighted by Crippen LogP contribution is 2.20. The van der Waals surface area contributed by atoms with Crippen LogP contribution in [-0.2, 0) is 19.3 Å². The molecule has 210 valence electrons. The molecular formula is C35H45N5. The molecular weight excluding hydrogens is 490 g/mol. The van der Waals surface area contributed by atoms with Crippen molar-refractivity contribution in [3.05, 3.63) is 108 Å². The Bertz CT molecular complexity index is 2090. The number of para-hydroxylation sites is 3. The van der Waals surface area contributed by atoms with Crippen LogP contribution < -0.4 is 0 Å². The maximum atomic E-state index is 8.00. The topological polar surface area (TPSA) is 53.9 Å². The molecule has 6 aromatic rings. The summed E-state index contributed by atoms with van der Waals surface area (Å²) in [6, 6.07) is 23.0. The van der Waals surface area contributed by atoms with Gasteiger partial charge < -0.3 is 24.8 Å². The van der Waals surface area contributed by atoms with Crippen molar-refractivity contribution >= 4 is 32.7 Å². The van der Waals surface area contributed by atoms with Crippen molar-refractivity contribution < 1.29 is 20.6 Å². The maximum Gasteiger partial charge on any atom is 0.0456 e. The first-order chi connectivity index (χ1) is 25.4. The second-order valence-corrected chi connectivity index (χ2v) is 9.26. The highest BCUT2D eigenvalue weighted by atomic mass is 15.0. The zero-order chi connectivity index (χ0) is 41.0. The van der Waals surface area contributed by atoms with Gasteiger partial charge in [0.15, 0.2) is 0 Å². The Labute approximate surface area is 260 Å². The van der Waals surface area contributed by atoms with Gasteiger partial charge in [-0.05, 0) is 82.1 Å². The molecule has 3 aromatic carbocycles. The third-order valence-corrected chi connectivity index (χ3v) is 6.47. The number of hydrogen-bond acceptors (Lipinski definition) is 2. The Balaban J connectivity index is 0.000000191. The summed E-state index contributed by atoms with van der Waals surface area (Å²) in [5, 5.41) is 2.98. The lowest BCUT2D eigenvalue weighted by Gasteiger charge is -2.07. The number of nitrogens with one attached hydrogen (secondary N) is 3. The molecule has 3 N–H and O–H groups in total. The smallest absolute Gasteiger partial charge is 0.0456 e. The summed E-state index contributed by atoms with van der Waals surface area (Å²) in [6.07, 6.45) is 7.41. The van der Waals surface area contributed by atoms with Gasteiger partial charge in [0.2, 0.25) is 0 Å². The largest absolute Gasteiger partial charge is 0.361 e. The van der Waals surface area contributed by atoms with Gasteiger partial charge in [0.1, 0.15) is 0 Å². The summed E-state index contributed by atoms with van der Waals surface area (Å²) in [5.74, 6) is 0. The van der Waals surface area contributed by atoms with Crippen molar-refractivity contribution in [3.8, 4) is 0 Å². The molecule has 3 aromatic heterocycles. The van der Waals surface area contributed by atoms with Gasteiger partial charge in [-0.25, -0.2) is 0 Å². The van der Waals surface area contributed by atoms with Gasteiger partial charge in [-0.15, -0.1) is 0 Å². The van der Waals surface area contributed by atoms with Gasteiger partial charge >= 0.3 is 0 Å². The number of likely N-dealkylation sites (N-methyl/N-ethyl adjacent to an activating group) is 2. The quantitative estimate of drug-likeness (QED) is 0.182. The van der Waals surface area contributed by atoms with E-state index in [1.165, 1.54) is 29.3 Å². The van der Waals surface area contributed by atoms with Crippen molar-refractivity contribution in [1.29, 1.82) is 0 Å². The first-order valence-corrected chi connectivity index (χ1v) is 13.1. The average Bonchev–Trinajstić information content (AvgIpc) is 3.76. The van der Waals surface area contributed by atoms with Crippen LogP contribution in [0.3, 0.4) is 0 Å². The second-order valence-electron chi connectivity index (χ2n) is 9.26. The molecule has 40 heavy (non-hydrogen) atoms. The number of aromatic nitrogens is 3. The van der Waals surface area contributed by atoms with Crippen LogP contribution in [0.15, 0.2) is 91.4 Å². The summed E-state index contributed by atoms with van der Waals surface area (Å²) in [7, 11) is 0. The van der Waals surface area contributed by atoms with E-state index in [0.29, 0.717) is 10.5 Å². The van der Waals surface area contributed by atoms with E-state index in [2.05, 4.69) is 52.3 Å². The summed E-state index contributed by atoms with van der Waals surface area (Å²) in [6.45, 7) is -13.6. The molecule has 0 amide bonds. The number of nitrogens with zero attached hydrogens (tertiary/aromatic N) is 2. The minimum absolute atomic E-state index is 0.0147. The number of fused-ring (bicyclic) bond motifs is 3. The number of aryl methyl sites for hydroxylation is 3. The van der Waals surface area contributed by atoms with Crippen LogP contribution in [0, 0.1) is 0 Å². The van der Waals surface area contributed by atoms with E-state index in [1.807, 2.05) is 30.3 Å². The molecule has 0 saturated carbocycles. The Morgan fingerprint density at radius 1 is 0.575 bits per heavy atom. The molecule has 5 heteroatoms. The van der Waals surface area contributed by atoms with Crippen molar-refractivity contribution in [3.63, 3.8) is 0 Å². The van der Waals surface area contributed by atoms with E-state index in [9.17, 15) is 0 Å². The number of aromatic amines is 3. The molecule has 0 aliphatic carbocycles. The fraction of sp³-hybridized carbons (Fsp3) is 0.314. The van der Waals surface area contributed by atoms with Gasteiger partial charge in [-0.1, -0.05) is 67.9 Å². The number of rotatable bonds is 8. The lowest BCUT2D eigenvalue weighted by Crippen LogP contribution is -2.14. The molecule has 0 fully saturated rings. The Hall–Kier alpha value is -3.80. The summed E-state index contributed by atoms with van der Waals surface area (Å²) >= 11 is 0. The molecule has 0 aliphatic rings. The molecule has 1 unspecified atom stereocenters. The van der Waals surface area contributed by atoms with Gasteiger partial charge in [0.25, 0.3) is 0 Å². The zero-order valence-electron chi connectivity index (χ0n) is 37.5. The molecule has 1 atom stereocenters. The molecule has 5 nitrogen and oxygen atoms in total. The highest BCUT2D eigenvalue weighted by molar-refractivity contribution is 5.84. The first kappa shape index (κ1) is 15.3. The SMILES string of the molecule is CCCc1c[nH]c2ccccc12.[2H]C(Cc1c[nH]c2ccccc12)N(C([2H])([2H])[2H])C([2H])([2H])[2H].[2H]C([2H])([2H])N(C([2H])([2H])[2H])C([2H])([2H])Cc1c[nH]c2ccccc12.